The fourth-order valence-corrected chi connectivity index (χ4v) is 4.84. The summed E-state index contributed by atoms with van der Waals surface area (Å²) in [5.74, 6) is 1.70. The molecule has 0 atom stereocenters. The van der Waals surface area contributed by atoms with Gasteiger partial charge in [0.1, 0.15) is 5.75 Å². The van der Waals surface area contributed by atoms with Gasteiger partial charge in [-0.05, 0) is 48.9 Å². The third-order valence-corrected chi connectivity index (χ3v) is 6.47. The van der Waals surface area contributed by atoms with Gasteiger partial charge in [-0.2, -0.15) is 0 Å². The molecule has 4 aromatic rings. The number of ether oxygens (including phenoxy) is 1. The van der Waals surface area contributed by atoms with Gasteiger partial charge in [0, 0.05) is 17.1 Å². The lowest BCUT2D eigenvalue weighted by atomic mass is 10.2. The lowest BCUT2D eigenvalue weighted by Gasteiger charge is -2.09. The Hall–Kier alpha value is -3.03. The molecule has 0 saturated carbocycles. The van der Waals surface area contributed by atoms with Crippen LogP contribution in [0.4, 0.5) is 16.2 Å². The van der Waals surface area contributed by atoms with E-state index in [1.165, 1.54) is 0 Å². The van der Waals surface area contributed by atoms with E-state index in [2.05, 4.69) is 15.6 Å². The van der Waals surface area contributed by atoms with Crippen molar-refractivity contribution in [2.24, 2.45) is 0 Å². The maximum absolute atomic E-state index is 12.3. The molecule has 0 fully saturated rings. The van der Waals surface area contributed by atoms with E-state index < -0.39 is 0 Å². The molecule has 7 heteroatoms. The highest BCUT2D eigenvalue weighted by molar-refractivity contribution is 8.01. The third-order valence-electron chi connectivity index (χ3n) is 4.34. The van der Waals surface area contributed by atoms with Gasteiger partial charge in [-0.3, -0.25) is 0 Å². The summed E-state index contributed by atoms with van der Waals surface area (Å²) in [5.41, 5.74) is 3.48. The summed E-state index contributed by atoms with van der Waals surface area (Å²) in [6.07, 6.45) is 0. The smallest absolute Gasteiger partial charge is 0.323 e. The first-order valence-corrected chi connectivity index (χ1v) is 11.3. The van der Waals surface area contributed by atoms with E-state index in [4.69, 9.17) is 4.74 Å². The fourth-order valence-electron chi connectivity index (χ4n) is 2.85. The van der Waals surface area contributed by atoms with Gasteiger partial charge in [0.2, 0.25) is 0 Å². The Morgan fingerprint density at radius 2 is 1.83 bits per heavy atom. The Balaban J connectivity index is 1.33. The number of aromatic nitrogens is 1. The SMILES string of the molecule is Cc1ccccc1NC(=O)Nc1ccc2nc(SCCOc3ccccc3)sc2c1. The van der Waals surface area contributed by atoms with E-state index in [1.807, 2.05) is 79.7 Å². The fraction of sp³-hybridized carbons (Fsp3) is 0.130. The van der Waals surface area contributed by atoms with Crippen LogP contribution in [0.1, 0.15) is 5.56 Å². The highest BCUT2D eigenvalue weighted by Gasteiger charge is 2.08. The van der Waals surface area contributed by atoms with Crippen molar-refractivity contribution in [1.82, 2.24) is 4.98 Å². The third kappa shape index (κ3) is 5.31. The van der Waals surface area contributed by atoms with Crippen LogP contribution in [0.2, 0.25) is 0 Å². The van der Waals surface area contributed by atoms with Crippen molar-refractivity contribution in [3.63, 3.8) is 0 Å². The molecule has 30 heavy (non-hydrogen) atoms. The van der Waals surface area contributed by atoms with E-state index in [0.717, 1.165) is 43.0 Å². The molecule has 152 valence electrons. The molecular formula is C23H21N3O2S2. The van der Waals surface area contributed by atoms with Crippen molar-refractivity contribution in [2.75, 3.05) is 23.0 Å². The number of anilines is 2. The second-order valence-corrected chi connectivity index (χ2v) is 8.94. The number of hydrogen-bond acceptors (Lipinski definition) is 5. The number of carbonyl (C=O) groups is 1. The summed E-state index contributed by atoms with van der Waals surface area (Å²) >= 11 is 3.29. The number of hydrogen-bond donors (Lipinski definition) is 2. The number of nitrogens with zero attached hydrogens (tertiary/aromatic N) is 1. The Labute approximate surface area is 183 Å². The molecule has 0 aliphatic carbocycles. The first-order valence-electron chi connectivity index (χ1n) is 9.52. The number of nitrogens with one attached hydrogen (secondary N) is 2. The highest BCUT2D eigenvalue weighted by Crippen LogP contribution is 2.31. The van der Waals surface area contributed by atoms with Crippen LogP contribution >= 0.6 is 23.1 Å². The van der Waals surface area contributed by atoms with Crippen LogP contribution in [-0.4, -0.2) is 23.4 Å². The van der Waals surface area contributed by atoms with Gasteiger partial charge in [0.25, 0.3) is 0 Å². The van der Waals surface area contributed by atoms with Gasteiger partial charge in [0.05, 0.1) is 16.8 Å². The average Bonchev–Trinajstić information content (AvgIpc) is 3.16. The normalized spacial score (nSPS) is 10.7. The molecule has 0 aliphatic rings. The molecule has 3 aromatic carbocycles. The molecule has 0 aliphatic heterocycles. The summed E-state index contributed by atoms with van der Waals surface area (Å²) in [6.45, 7) is 2.58. The van der Waals surface area contributed by atoms with E-state index in [1.54, 1.807) is 23.1 Å². The number of aryl methyl sites for hydroxylation is 1. The van der Waals surface area contributed by atoms with Crippen LogP contribution in [0, 0.1) is 6.92 Å². The number of urea groups is 1. The largest absolute Gasteiger partial charge is 0.493 e. The van der Waals surface area contributed by atoms with Crippen molar-refractivity contribution in [3.05, 3.63) is 78.4 Å². The lowest BCUT2D eigenvalue weighted by molar-refractivity contribution is 0.262. The lowest BCUT2D eigenvalue weighted by Crippen LogP contribution is -2.19. The molecule has 4 rings (SSSR count). The first-order chi connectivity index (χ1) is 14.7. The Bertz CT molecular complexity index is 1150. The predicted molar refractivity (Wildman–Crippen MR) is 126 cm³/mol. The van der Waals surface area contributed by atoms with Crippen LogP contribution in [0.5, 0.6) is 5.75 Å². The number of rotatable bonds is 7. The highest BCUT2D eigenvalue weighted by atomic mass is 32.2. The quantitative estimate of drug-likeness (QED) is 0.260. The average molecular weight is 436 g/mol. The molecule has 0 spiro atoms. The van der Waals surface area contributed by atoms with Gasteiger partial charge in [-0.25, -0.2) is 9.78 Å². The molecule has 2 N–H and O–H groups in total. The van der Waals surface area contributed by atoms with Crippen molar-refractivity contribution >= 4 is 50.7 Å². The Morgan fingerprint density at radius 3 is 2.67 bits per heavy atom. The topological polar surface area (TPSA) is 63.2 Å². The second-order valence-electron chi connectivity index (χ2n) is 6.57. The zero-order valence-corrected chi connectivity index (χ0v) is 18.1. The van der Waals surface area contributed by atoms with E-state index >= 15 is 0 Å². The molecule has 0 bridgehead atoms. The summed E-state index contributed by atoms with van der Waals surface area (Å²) in [4.78, 5) is 17.0. The van der Waals surface area contributed by atoms with Gasteiger partial charge >= 0.3 is 6.03 Å². The minimum absolute atomic E-state index is 0.263. The molecule has 0 saturated heterocycles. The first kappa shape index (κ1) is 20.3. The molecule has 1 heterocycles. The van der Waals surface area contributed by atoms with Gasteiger partial charge in [-0.1, -0.05) is 48.2 Å². The minimum atomic E-state index is -0.263. The molecular weight excluding hydrogens is 414 g/mol. The summed E-state index contributed by atoms with van der Waals surface area (Å²) < 4.78 is 7.75. The number of thioether (sulfide) groups is 1. The van der Waals surface area contributed by atoms with E-state index in [-0.39, 0.29) is 6.03 Å². The molecule has 0 radical (unpaired) electrons. The zero-order valence-electron chi connectivity index (χ0n) is 16.4. The van der Waals surface area contributed by atoms with Crippen LogP contribution in [0.3, 0.4) is 0 Å². The monoisotopic (exact) mass is 435 g/mol. The number of thiazole rings is 1. The van der Waals surface area contributed by atoms with Crippen molar-refractivity contribution in [2.45, 2.75) is 11.3 Å². The standard InChI is InChI=1S/C23H21N3O2S2/c1-16-7-5-6-10-19(16)25-22(27)24-17-11-12-20-21(15-17)30-23(26-20)29-14-13-28-18-8-3-2-4-9-18/h2-12,15H,13-14H2,1H3,(H2,24,25,27). The molecule has 2 amide bonds. The number of para-hydroxylation sites is 2. The predicted octanol–water partition coefficient (Wildman–Crippen LogP) is 6.42. The summed E-state index contributed by atoms with van der Waals surface area (Å²) in [5, 5.41) is 5.77. The van der Waals surface area contributed by atoms with Crippen LogP contribution in [-0.2, 0) is 0 Å². The second kappa shape index (κ2) is 9.65. The summed E-state index contributed by atoms with van der Waals surface area (Å²) in [6, 6.07) is 23.0. The number of carbonyl (C=O) groups excluding carboxylic acids is 1. The van der Waals surface area contributed by atoms with E-state index in [0.29, 0.717) is 6.61 Å². The minimum Gasteiger partial charge on any atom is -0.493 e. The van der Waals surface area contributed by atoms with Crippen molar-refractivity contribution in [1.29, 1.82) is 0 Å². The van der Waals surface area contributed by atoms with Gasteiger partial charge < -0.3 is 15.4 Å². The Kier molecular flexibility index (Phi) is 6.51. The summed E-state index contributed by atoms with van der Waals surface area (Å²) in [7, 11) is 0. The van der Waals surface area contributed by atoms with Crippen molar-refractivity contribution in [3.8, 4) is 5.75 Å². The van der Waals surface area contributed by atoms with Crippen LogP contribution < -0.4 is 15.4 Å². The number of fused-ring (bicyclic) bond motifs is 1. The maximum Gasteiger partial charge on any atom is 0.323 e. The maximum atomic E-state index is 12.3. The Morgan fingerprint density at radius 1 is 1.03 bits per heavy atom. The number of amides is 2. The van der Waals surface area contributed by atoms with E-state index in [9.17, 15) is 4.79 Å². The van der Waals surface area contributed by atoms with Crippen molar-refractivity contribution < 1.29 is 9.53 Å². The van der Waals surface area contributed by atoms with Crippen LogP contribution in [0.25, 0.3) is 10.2 Å². The molecule has 5 nitrogen and oxygen atoms in total. The molecule has 1 aromatic heterocycles. The van der Waals surface area contributed by atoms with Crippen LogP contribution in [0.15, 0.2) is 77.1 Å². The van der Waals surface area contributed by atoms with Gasteiger partial charge in [0.15, 0.2) is 4.34 Å². The number of benzene rings is 3. The zero-order chi connectivity index (χ0) is 20.8. The van der Waals surface area contributed by atoms with Gasteiger partial charge in [-0.15, -0.1) is 11.3 Å². The molecule has 0 unspecified atom stereocenters.